The lowest BCUT2D eigenvalue weighted by atomic mass is 9.94. The Morgan fingerprint density at radius 2 is 1.65 bits per heavy atom. The molecule has 1 saturated carbocycles. The summed E-state index contributed by atoms with van der Waals surface area (Å²) in [5, 5.41) is 0. The predicted molar refractivity (Wildman–Crippen MR) is 147 cm³/mol. The topological polar surface area (TPSA) is 84.9 Å². The van der Waals surface area contributed by atoms with E-state index in [1.165, 1.54) is 0 Å². The zero-order chi connectivity index (χ0) is 28.4. The van der Waals surface area contributed by atoms with Gasteiger partial charge in [0, 0.05) is 38.6 Å². The van der Waals surface area contributed by atoms with Crippen molar-refractivity contribution in [2.45, 2.75) is 92.6 Å². The number of alkyl halides is 2. The van der Waals surface area contributed by atoms with Gasteiger partial charge in [-0.05, 0) is 80.7 Å². The quantitative estimate of drug-likeness (QED) is 0.387. The van der Waals surface area contributed by atoms with E-state index in [1.54, 1.807) is 24.3 Å². The normalized spacial score (nSPS) is 22.1. The highest BCUT2D eigenvalue weighted by molar-refractivity contribution is 7.93. The van der Waals surface area contributed by atoms with E-state index >= 15 is 0 Å². The van der Waals surface area contributed by atoms with Crippen LogP contribution in [0.15, 0.2) is 53.4 Å². The molecule has 0 radical (unpaired) electrons. The summed E-state index contributed by atoms with van der Waals surface area (Å²) in [7, 11) is -4.06. The summed E-state index contributed by atoms with van der Waals surface area (Å²) >= 11 is 0. The van der Waals surface area contributed by atoms with Crippen molar-refractivity contribution >= 4 is 15.7 Å². The molecule has 5 rings (SSSR count). The molecule has 2 heterocycles. The van der Waals surface area contributed by atoms with Crippen LogP contribution in [0.2, 0.25) is 0 Å². The first-order chi connectivity index (χ1) is 19.1. The van der Waals surface area contributed by atoms with Crippen LogP contribution < -0.4 is 5.48 Å². The van der Waals surface area contributed by atoms with E-state index in [2.05, 4.69) is 10.4 Å². The van der Waals surface area contributed by atoms with Gasteiger partial charge in [-0.2, -0.15) is 0 Å². The van der Waals surface area contributed by atoms with Crippen LogP contribution in [-0.2, 0) is 30.6 Å². The molecule has 218 valence electrons. The monoisotopic (exact) mass is 576 g/mol. The number of rotatable bonds is 10. The third-order valence-corrected chi connectivity index (χ3v) is 10.8. The number of carbonyl (C=O) groups is 1. The summed E-state index contributed by atoms with van der Waals surface area (Å²) in [5.41, 5.74) is 4.91. The Morgan fingerprint density at radius 1 is 1.02 bits per heavy atom. The number of amides is 1. The second kappa shape index (κ2) is 11.8. The van der Waals surface area contributed by atoms with Crippen molar-refractivity contribution in [2.24, 2.45) is 0 Å². The number of benzene rings is 2. The molecule has 1 N–H and O–H groups in total. The lowest BCUT2D eigenvalue weighted by Gasteiger charge is -2.40. The first-order valence-electron chi connectivity index (χ1n) is 14.2. The number of sulfone groups is 1. The standard InChI is InChI=1S/C30H38F2N2O5S/c1-29(31,32)16-15-22-5-7-23(8-6-22)24-9-13-26(14-10-24)40(36,37)30(17-19-34(20-18-30)25-11-12-25)28(35)33-39-27-4-2-3-21-38-27/h5-10,13-14,25,27H,2-4,11-12,15-21H2,1H3,(H,33,35). The van der Waals surface area contributed by atoms with Gasteiger partial charge in [0.05, 0.1) is 4.90 Å². The number of halogens is 2. The molecule has 0 aromatic heterocycles. The SMILES string of the molecule is CC(F)(F)CCc1ccc(-c2ccc(S(=O)(=O)C3(C(=O)NOC4CCCCO4)CCN(C4CC4)CC3)cc2)cc1. The van der Waals surface area contributed by atoms with Gasteiger partial charge in [-0.25, -0.2) is 27.5 Å². The van der Waals surface area contributed by atoms with E-state index in [0.29, 0.717) is 32.2 Å². The van der Waals surface area contributed by atoms with Crippen LogP contribution >= 0.6 is 0 Å². The first-order valence-corrected chi connectivity index (χ1v) is 15.7. The van der Waals surface area contributed by atoms with Crippen LogP contribution in [0.25, 0.3) is 11.1 Å². The third-order valence-electron chi connectivity index (χ3n) is 8.32. The summed E-state index contributed by atoms with van der Waals surface area (Å²) < 4.78 is 58.5. The average molecular weight is 577 g/mol. The number of ether oxygens (including phenoxy) is 1. The Hall–Kier alpha value is -2.40. The number of hydroxylamine groups is 1. The predicted octanol–water partition coefficient (Wildman–Crippen LogP) is 5.29. The summed E-state index contributed by atoms with van der Waals surface area (Å²) in [6.07, 6.45) is 4.58. The van der Waals surface area contributed by atoms with Crippen molar-refractivity contribution in [1.82, 2.24) is 10.4 Å². The van der Waals surface area contributed by atoms with Crippen molar-refractivity contribution in [3.05, 3.63) is 54.1 Å². The largest absolute Gasteiger partial charge is 0.350 e. The van der Waals surface area contributed by atoms with Crippen molar-refractivity contribution in [1.29, 1.82) is 0 Å². The molecule has 1 amide bonds. The van der Waals surface area contributed by atoms with Crippen molar-refractivity contribution < 1.29 is 31.6 Å². The van der Waals surface area contributed by atoms with Gasteiger partial charge >= 0.3 is 0 Å². The van der Waals surface area contributed by atoms with Crippen molar-refractivity contribution in [3.8, 4) is 11.1 Å². The van der Waals surface area contributed by atoms with Crippen molar-refractivity contribution in [3.63, 3.8) is 0 Å². The third kappa shape index (κ3) is 6.56. The maximum atomic E-state index is 14.1. The van der Waals surface area contributed by atoms with Gasteiger partial charge in [-0.1, -0.05) is 36.4 Å². The number of carbonyl (C=O) groups excluding carboxylic acids is 1. The number of hydrogen-bond acceptors (Lipinski definition) is 6. The lowest BCUT2D eigenvalue weighted by molar-refractivity contribution is -0.202. The average Bonchev–Trinajstić information content (AvgIpc) is 3.81. The smallest absolute Gasteiger partial charge is 0.265 e. The summed E-state index contributed by atoms with van der Waals surface area (Å²) in [5.74, 6) is -3.35. The number of nitrogens with one attached hydrogen (secondary N) is 1. The van der Waals surface area contributed by atoms with E-state index < -0.39 is 32.7 Å². The molecule has 2 aromatic carbocycles. The Bertz CT molecular complexity index is 1260. The van der Waals surface area contributed by atoms with Gasteiger partial charge in [-0.3, -0.25) is 4.79 Å². The Morgan fingerprint density at radius 3 is 2.20 bits per heavy atom. The van der Waals surface area contributed by atoms with Crippen LogP contribution in [0.3, 0.4) is 0 Å². The molecule has 0 spiro atoms. The van der Waals surface area contributed by atoms with Gasteiger partial charge in [0.2, 0.25) is 5.92 Å². The zero-order valence-electron chi connectivity index (χ0n) is 22.9. The zero-order valence-corrected chi connectivity index (χ0v) is 23.7. The van der Waals surface area contributed by atoms with Gasteiger partial charge in [0.1, 0.15) is 0 Å². The molecule has 40 heavy (non-hydrogen) atoms. The molecule has 7 nitrogen and oxygen atoms in total. The molecule has 1 unspecified atom stereocenters. The molecular formula is C30H38F2N2O5S. The van der Waals surface area contributed by atoms with E-state index in [9.17, 15) is 22.0 Å². The Labute approximate surface area is 235 Å². The molecule has 2 saturated heterocycles. The van der Waals surface area contributed by atoms with Crippen molar-refractivity contribution in [2.75, 3.05) is 19.7 Å². The Kier molecular flexibility index (Phi) is 8.61. The highest BCUT2D eigenvalue weighted by atomic mass is 32.2. The van der Waals surface area contributed by atoms with Gasteiger partial charge in [-0.15, -0.1) is 0 Å². The lowest BCUT2D eigenvalue weighted by Crippen LogP contribution is -2.58. The summed E-state index contributed by atoms with van der Waals surface area (Å²) in [4.78, 5) is 21.5. The van der Waals surface area contributed by atoms with E-state index in [1.807, 2.05) is 24.3 Å². The minimum absolute atomic E-state index is 0.0852. The number of aryl methyl sites for hydroxylation is 1. The number of nitrogens with zero attached hydrogens (tertiary/aromatic N) is 1. The molecule has 2 aliphatic heterocycles. The Balaban J connectivity index is 1.33. The van der Waals surface area contributed by atoms with Crippen LogP contribution in [0.1, 0.15) is 63.9 Å². The molecular weight excluding hydrogens is 538 g/mol. The first kappa shape index (κ1) is 29.1. The highest BCUT2D eigenvalue weighted by Crippen LogP contribution is 2.40. The second-order valence-corrected chi connectivity index (χ2v) is 13.7. The van der Waals surface area contributed by atoms with Gasteiger partial charge < -0.3 is 9.64 Å². The highest BCUT2D eigenvalue weighted by Gasteiger charge is 2.54. The van der Waals surface area contributed by atoms with Crippen LogP contribution in [-0.4, -0.2) is 61.9 Å². The summed E-state index contributed by atoms with van der Waals surface area (Å²) in [6, 6.07) is 14.3. The molecule has 0 bridgehead atoms. The van der Waals surface area contributed by atoms with E-state index in [4.69, 9.17) is 9.57 Å². The minimum Gasteiger partial charge on any atom is -0.350 e. The molecule has 10 heteroatoms. The van der Waals surface area contributed by atoms with Gasteiger partial charge in [0.25, 0.3) is 5.91 Å². The molecule has 3 fully saturated rings. The van der Waals surface area contributed by atoms with Crippen LogP contribution in [0, 0.1) is 0 Å². The molecule has 2 aromatic rings. The molecule has 1 aliphatic carbocycles. The number of piperidine rings is 1. The second-order valence-electron chi connectivity index (χ2n) is 11.4. The number of hydrogen-bond donors (Lipinski definition) is 1. The van der Waals surface area contributed by atoms with E-state index in [0.717, 1.165) is 49.3 Å². The van der Waals surface area contributed by atoms with Crippen LogP contribution in [0.4, 0.5) is 8.78 Å². The fraction of sp³-hybridized carbons (Fsp3) is 0.567. The molecule has 1 atom stereocenters. The van der Waals surface area contributed by atoms with Gasteiger partial charge in [0.15, 0.2) is 20.9 Å². The van der Waals surface area contributed by atoms with Crippen LogP contribution in [0.5, 0.6) is 0 Å². The minimum atomic E-state index is -4.06. The fourth-order valence-electron chi connectivity index (χ4n) is 5.60. The maximum absolute atomic E-state index is 14.1. The maximum Gasteiger partial charge on any atom is 0.265 e. The molecule has 3 aliphatic rings. The number of likely N-dealkylation sites (tertiary alicyclic amines) is 1. The fourth-order valence-corrected chi connectivity index (χ4v) is 7.56. The summed E-state index contributed by atoms with van der Waals surface area (Å²) in [6.45, 7) is 2.53. The van der Waals surface area contributed by atoms with E-state index in [-0.39, 0.29) is 30.6 Å².